The molecule has 0 saturated carbocycles. The third-order valence-corrected chi connectivity index (χ3v) is 6.90. The Morgan fingerprint density at radius 1 is 0.932 bits per heavy atom. The molecule has 2 amide bonds. The number of carbonyl (C=O) groups is 3. The van der Waals surface area contributed by atoms with Crippen LogP contribution in [0.1, 0.15) is 53.6 Å². The summed E-state index contributed by atoms with van der Waals surface area (Å²) < 4.78 is 15.6. The maximum atomic E-state index is 14.4. The van der Waals surface area contributed by atoms with Crippen molar-refractivity contribution in [2.24, 2.45) is 0 Å². The Morgan fingerprint density at radius 3 is 2.30 bits per heavy atom. The minimum atomic E-state index is -1.06. The fourth-order valence-electron chi connectivity index (χ4n) is 4.52. The van der Waals surface area contributed by atoms with Gasteiger partial charge in [-0.15, -0.1) is 0 Å². The molecule has 14 nitrogen and oxygen atoms in total. The number of aromatic carboxylic acids is 1. The van der Waals surface area contributed by atoms with Gasteiger partial charge in [0.15, 0.2) is 5.65 Å². The van der Waals surface area contributed by atoms with E-state index in [1.54, 1.807) is 19.1 Å². The second-order valence-corrected chi connectivity index (χ2v) is 9.91. The minimum absolute atomic E-state index is 0.0395. The van der Waals surface area contributed by atoms with Gasteiger partial charge in [-0.25, -0.2) is 18.7 Å². The normalized spacial score (nSPS) is 11.0. The summed E-state index contributed by atoms with van der Waals surface area (Å²) in [4.78, 5) is 64.7. The number of nitrogen functional groups attached to an aromatic ring is 2. The number of halogens is 1. The average molecular weight is 601 g/mol. The molecule has 0 saturated heterocycles. The number of carbonyl (C=O) groups excluding carboxylic acids is 2. The lowest BCUT2D eigenvalue weighted by molar-refractivity contribution is 0.0695. The van der Waals surface area contributed by atoms with Crippen LogP contribution in [0.3, 0.4) is 0 Å². The first-order valence-corrected chi connectivity index (χ1v) is 13.1. The fourth-order valence-corrected chi connectivity index (χ4v) is 4.52. The molecule has 0 bridgehead atoms. The van der Waals surface area contributed by atoms with E-state index in [2.05, 4.69) is 26.0 Å². The largest absolute Gasteiger partial charge is 0.478 e. The van der Waals surface area contributed by atoms with Gasteiger partial charge in [-0.05, 0) is 41.8 Å². The smallest absolute Gasteiger partial charge is 0.335 e. The van der Waals surface area contributed by atoms with Gasteiger partial charge in [0, 0.05) is 31.3 Å². The number of hydrogen-bond acceptors (Lipinski definition) is 10. The molecule has 0 aliphatic rings. The molecule has 0 aliphatic heterocycles. The topological polar surface area (TPSA) is 224 Å². The highest BCUT2D eigenvalue weighted by molar-refractivity contribution is 5.99. The fraction of sp³-hybridized carbons (Fsp3) is 0.138. The standard InChI is InChI=1S/C29H25FN8O6/c1-13-6-14(2-4-17(13)29(43)44)9-34-27(41)20-8-21(38-26(37-20)19(31)12-36-38)28(42)35-10-15-3-5-18(30)16(7-15)11-33-23-22(32)24(39)25(23)40/h2-8,12,33H,9-11,31-32H2,1H3,(H,34,41)(H,35,42)(H,43,44). The van der Waals surface area contributed by atoms with Gasteiger partial charge in [0.2, 0.25) is 0 Å². The molecule has 0 atom stereocenters. The molecular formula is C29H25FN8O6. The van der Waals surface area contributed by atoms with E-state index in [1.807, 2.05) is 0 Å². The van der Waals surface area contributed by atoms with Gasteiger partial charge in [0.05, 0.1) is 17.4 Å². The molecule has 0 fully saturated rings. The SMILES string of the molecule is Cc1cc(CNC(=O)c2cc(C(=O)NCc3ccc(F)c(CNc4c(N)c(=O)c4=O)c3)n3ncc(N)c3n2)ccc1C(=O)O. The number of nitrogens with one attached hydrogen (secondary N) is 3. The number of hydrogen-bond donors (Lipinski definition) is 6. The second-order valence-electron chi connectivity index (χ2n) is 9.91. The van der Waals surface area contributed by atoms with Gasteiger partial charge < -0.3 is 32.5 Å². The Bertz CT molecular complexity index is 2050. The van der Waals surface area contributed by atoms with Crippen molar-refractivity contribution in [3.05, 3.63) is 114 Å². The van der Waals surface area contributed by atoms with Crippen LogP contribution in [0.5, 0.6) is 0 Å². The van der Waals surface area contributed by atoms with Crippen LogP contribution >= 0.6 is 0 Å². The number of fused-ring (bicyclic) bond motifs is 1. The number of nitrogens with zero attached hydrogens (tertiary/aromatic N) is 3. The number of aromatic nitrogens is 3. The van der Waals surface area contributed by atoms with Crippen LogP contribution in [-0.2, 0) is 19.6 Å². The first kappa shape index (κ1) is 29.4. The Kier molecular flexibility index (Phi) is 7.77. The minimum Gasteiger partial charge on any atom is -0.478 e. The van der Waals surface area contributed by atoms with E-state index in [0.29, 0.717) is 16.7 Å². The summed E-state index contributed by atoms with van der Waals surface area (Å²) in [6.45, 7) is 1.55. The molecule has 5 rings (SSSR count). The molecule has 2 aromatic heterocycles. The quantitative estimate of drug-likeness (QED) is 0.125. The predicted molar refractivity (Wildman–Crippen MR) is 157 cm³/mol. The van der Waals surface area contributed by atoms with Gasteiger partial charge in [0.25, 0.3) is 22.7 Å². The molecule has 8 N–H and O–H groups in total. The molecule has 3 aromatic carbocycles. The summed E-state index contributed by atoms with van der Waals surface area (Å²) in [6, 6.07) is 10.1. The molecule has 44 heavy (non-hydrogen) atoms. The molecule has 0 unspecified atom stereocenters. The molecule has 15 heteroatoms. The average Bonchev–Trinajstić information content (AvgIpc) is 3.39. The molecule has 0 aliphatic carbocycles. The molecule has 0 spiro atoms. The van der Waals surface area contributed by atoms with Crippen LogP contribution < -0.4 is 38.3 Å². The number of benzene rings is 2. The van der Waals surface area contributed by atoms with Crippen molar-refractivity contribution in [2.75, 3.05) is 16.8 Å². The van der Waals surface area contributed by atoms with Crippen molar-refractivity contribution >= 4 is 40.5 Å². The zero-order valence-corrected chi connectivity index (χ0v) is 23.1. The molecule has 224 valence electrons. The van der Waals surface area contributed by atoms with Crippen LogP contribution in [0.4, 0.5) is 21.5 Å². The monoisotopic (exact) mass is 600 g/mol. The predicted octanol–water partition coefficient (Wildman–Crippen LogP) is 1.11. The maximum absolute atomic E-state index is 14.4. The van der Waals surface area contributed by atoms with Crippen LogP contribution in [0, 0.1) is 12.7 Å². The van der Waals surface area contributed by atoms with Crippen molar-refractivity contribution in [3.63, 3.8) is 0 Å². The highest BCUT2D eigenvalue weighted by atomic mass is 19.1. The Balaban J connectivity index is 1.30. The van der Waals surface area contributed by atoms with E-state index in [1.165, 1.54) is 41.0 Å². The van der Waals surface area contributed by atoms with E-state index >= 15 is 0 Å². The summed E-state index contributed by atoms with van der Waals surface area (Å²) in [5.74, 6) is -2.87. The summed E-state index contributed by atoms with van der Waals surface area (Å²) in [5, 5.41) is 21.3. The van der Waals surface area contributed by atoms with E-state index < -0.39 is 34.5 Å². The number of anilines is 3. The van der Waals surface area contributed by atoms with Crippen LogP contribution in [0.15, 0.2) is 58.3 Å². The van der Waals surface area contributed by atoms with Crippen molar-refractivity contribution in [1.29, 1.82) is 0 Å². The van der Waals surface area contributed by atoms with Crippen LogP contribution in [0.25, 0.3) is 5.65 Å². The summed E-state index contributed by atoms with van der Waals surface area (Å²) in [5.41, 5.74) is 11.7. The number of amides is 2. The van der Waals surface area contributed by atoms with Crippen molar-refractivity contribution in [2.45, 2.75) is 26.6 Å². The number of rotatable bonds is 10. The van der Waals surface area contributed by atoms with Crippen molar-refractivity contribution < 1.29 is 23.9 Å². The van der Waals surface area contributed by atoms with Crippen molar-refractivity contribution in [1.82, 2.24) is 25.2 Å². The van der Waals surface area contributed by atoms with Gasteiger partial charge in [-0.1, -0.05) is 18.2 Å². The molecule has 2 heterocycles. The second kappa shape index (κ2) is 11.6. The number of nitrogens with two attached hydrogens (primary N) is 2. The van der Waals surface area contributed by atoms with Gasteiger partial charge in [-0.2, -0.15) is 5.10 Å². The highest BCUT2D eigenvalue weighted by Gasteiger charge is 2.20. The first-order chi connectivity index (χ1) is 20.9. The lowest BCUT2D eigenvalue weighted by Gasteiger charge is -2.13. The molecule has 5 aromatic rings. The number of carboxylic acid groups (broad SMARTS) is 1. The van der Waals surface area contributed by atoms with Crippen LogP contribution in [0.2, 0.25) is 0 Å². The van der Waals surface area contributed by atoms with Crippen molar-refractivity contribution in [3.8, 4) is 0 Å². The number of aryl methyl sites for hydroxylation is 1. The van der Waals surface area contributed by atoms with Gasteiger partial charge >= 0.3 is 5.97 Å². The van der Waals surface area contributed by atoms with E-state index in [0.717, 1.165) is 0 Å². The third kappa shape index (κ3) is 5.65. The Hall–Kier alpha value is -6.12. The zero-order valence-electron chi connectivity index (χ0n) is 23.1. The van der Waals surface area contributed by atoms with Gasteiger partial charge in [0.1, 0.15) is 28.6 Å². The Morgan fingerprint density at radius 2 is 1.61 bits per heavy atom. The zero-order chi connectivity index (χ0) is 31.7. The van der Waals surface area contributed by atoms with E-state index in [9.17, 15) is 33.5 Å². The van der Waals surface area contributed by atoms with Gasteiger partial charge in [-0.3, -0.25) is 19.2 Å². The summed E-state index contributed by atoms with van der Waals surface area (Å²) in [6.07, 6.45) is 1.29. The van der Waals surface area contributed by atoms with Crippen LogP contribution in [-0.4, -0.2) is 37.5 Å². The molecular weight excluding hydrogens is 575 g/mol. The lowest BCUT2D eigenvalue weighted by atomic mass is 10.1. The summed E-state index contributed by atoms with van der Waals surface area (Å²) in [7, 11) is 0. The third-order valence-electron chi connectivity index (χ3n) is 6.90. The summed E-state index contributed by atoms with van der Waals surface area (Å²) >= 11 is 0. The van der Waals surface area contributed by atoms with E-state index in [4.69, 9.17) is 11.5 Å². The number of carboxylic acids is 1. The highest BCUT2D eigenvalue weighted by Crippen LogP contribution is 2.17. The lowest BCUT2D eigenvalue weighted by Crippen LogP contribution is -2.37. The first-order valence-electron chi connectivity index (χ1n) is 13.1. The maximum Gasteiger partial charge on any atom is 0.335 e. The Labute approximate surface area is 247 Å². The van der Waals surface area contributed by atoms with E-state index in [-0.39, 0.29) is 64.9 Å². The molecule has 0 radical (unpaired) electrons.